The van der Waals surface area contributed by atoms with E-state index in [0.29, 0.717) is 12.8 Å². The molecule has 1 aliphatic carbocycles. The number of rotatable bonds is 1. The Labute approximate surface area is 143 Å². The van der Waals surface area contributed by atoms with E-state index in [0.717, 1.165) is 25.0 Å². The van der Waals surface area contributed by atoms with E-state index in [-0.39, 0.29) is 11.6 Å². The van der Waals surface area contributed by atoms with Crippen molar-refractivity contribution in [2.75, 3.05) is 11.9 Å². The van der Waals surface area contributed by atoms with E-state index in [2.05, 4.69) is 12.6 Å². The lowest BCUT2D eigenvalue weighted by atomic mass is 9.96. The van der Waals surface area contributed by atoms with Crippen LogP contribution in [0, 0.1) is 11.3 Å². The molecule has 0 bridgehead atoms. The Bertz CT molecular complexity index is 722. The van der Waals surface area contributed by atoms with Crippen LogP contribution >= 0.6 is 12.6 Å². The van der Waals surface area contributed by atoms with Crippen LogP contribution < -0.4 is 4.90 Å². The molecule has 2 aliphatic rings. The molecule has 0 radical (unpaired) electrons. The van der Waals surface area contributed by atoms with E-state index in [1.54, 1.807) is 13.1 Å². The first-order valence-corrected chi connectivity index (χ1v) is 8.10. The smallest absolute Gasteiger partial charge is 0.285 e. The molecule has 1 aromatic rings. The van der Waals surface area contributed by atoms with Crippen LogP contribution in [-0.4, -0.2) is 28.9 Å². The van der Waals surface area contributed by atoms with Gasteiger partial charge in [0.15, 0.2) is 0 Å². The van der Waals surface area contributed by atoms with Crippen LogP contribution in [0.1, 0.15) is 36.8 Å². The topological polar surface area (TPSA) is 47.3 Å². The standard InChI is InChI=1S/C16H16F3N3OS/c1-21-14(24)22(13(23)15(21)6-2-3-7-15)11-5-4-10(9-20)12(8-11)16(17,18)19/h4-5,8,14,24H,2-3,6-7H2,1H3. The maximum atomic E-state index is 13.2. The number of benzene rings is 1. The van der Waals surface area contributed by atoms with Gasteiger partial charge in [0.1, 0.15) is 11.0 Å². The number of anilines is 1. The monoisotopic (exact) mass is 355 g/mol. The van der Waals surface area contributed by atoms with Crippen LogP contribution in [0.2, 0.25) is 0 Å². The molecule has 1 saturated carbocycles. The van der Waals surface area contributed by atoms with Crippen molar-refractivity contribution >= 4 is 24.2 Å². The van der Waals surface area contributed by atoms with Gasteiger partial charge in [0.05, 0.1) is 17.2 Å². The highest BCUT2D eigenvalue weighted by Gasteiger charge is 2.56. The zero-order chi connectivity index (χ0) is 17.7. The lowest BCUT2D eigenvalue weighted by Gasteiger charge is -2.29. The number of thiol groups is 1. The number of carbonyl (C=O) groups excluding carboxylic acids is 1. The van der Waals surface area contributed by atoms with Gasteiger partial charge in [0.25, 0.3) is 0 Å². The second-order valence-corrected chi connectivity index (χ2v) is 6.67. The summed E-state index contributed by atoms with van der Waals surface area (Å²) < 4.78 is 39.6. The van der Waals surface area contributed by atoms with Crippen LogP contribution in [0.5, 0.6) is 0 Å². The van der Waals surface area contributed by atoms with Crippen LogP contribution in [0.4, 0.5) is 18.9 Å². The Morgan fingerprint density at radius 2 is 1.96 bits per heavy atom. The van der Waals surface area contributed by atoms with Gasteiger partial charge in [-0.2, -0.15) is 18.4 Å². The van der Waals surface area contributed by atoms with Gasteiger partial charge < -0.3 is 0 Å². The third kappa shape index (κ3) is 2.38. The fraction of sp³-hybridized carbons (Fsp3) is 0.500. The molecule has 8 heteroatoms. The highest BCUT2D eigenvalue weighted by atomic mass is 32.1. The lowest BCUT2D eigenvalue weighted by Crippen LogP contribution is -2.45. The van der Waals surface area contributed by atoms with E-state index in [1.165, 1.54) is 11.0 Å². The minimum atomic E-state index is -4.66. The fourth-order valence-corrected chi connectivity index (χ4v) is 4.12. The maximum Gasteiger partial charge on any atom is 0.417 e. The third-order valence-electron chi connectivity index (χ3n) is 5.01. The Balaban J connectivity index is 2.06. The van der Waals surface area contributed by atoms with Gasteiger partial charge in [-0.05, 0) is 38.1 Å². The van der Waals surface area contributed by atoms with Crippen molar-refractivity contribution in [3.8, 4) is 6.07 Å². The number of amides is 1. The molecule has 1 amide bonds. The number of nitrogens with zero attached hydrogens (tertiary/aromatic N) is 3. The van der Waals surface area contributed by atoms with Crippen molar-refractivity contribution in [2.24, 2.45) is 0 Å². The van der Waals surface area contributed by atoms with Crippen molar-refractivity contribution in [3.63, 3.8) is 0 Å². The van der Waals surface area contributed by atoms with Crippen molar-refractivity contribution in [3.05, 3.63) is 29.3 Å². The zero-order valence-electron chi connectivity index (χ0n) is 13.0. The molecule has 24 heavy (non-hydrogen) atoms. The molecule has 3 rings (SSSR count). The molecule has 1 heterocycles. The average Bonchev–Trinajstić information content (AvgIpc) is 3.09. The van der Waals surface area contributed by atoms with Crippen molar-refractivity contribution < 1.29 is 18.0 Å². The first-order chi connectivity index (χ1) is 11.2. The summed E-state index contributed by atoms with van der Waals surface area (Å²) in [4.78, 5) is 16.1. The molecular weight excluding hydrogens is 339 g/mol. The molecule has 2 fully saturated rings. The second kappa shape index (κ2) is 5.67. The lowest BCUT2D eigenvalue weighted by molar-refractivity contribution is -0.137. The molecule has 1 atom stereocenters. The summed E-state index contributed by atoms with van der Waals surface area (Å²) in [6, 6.07) is 4.88. The molecule has 1 aromatic carbocycles. The maximum absolute atomic E-state index is 13.2. The summed E-state index contributed by atoms with van der Waals surface area (Å²) in [6.45, 7) is 0. The normalized spacial score (nSPS) is 23.9. The predicted molar refractivity (Wildman–Crippen MR) is 85.4 cm³/mol. The molecule has 4 nitrogen and oxygen atoms in total. The minimum Gasteiger partial charge on any atom is -0.285 e. The highest BCUT2D eigenvalue weighted by Crippen LogP contribution is 2.45. The molecule has 1 unspecified atom stereocenters. The molecule has 0 aromatic heterocycles. The number of halogens is 3. The van der Waals surface area contributed by atoms with E-state index < -0.39 is 28.3 Å². The molecular formula is C16H16F3N3OS. The van der Waals surface area contributed by atoms with Crippen molar-refractivity contribution in [1.82, 2.24) is 4.90 Å². The summed E-state index contributed by atoms with van der Waals surface area (Å²) in [6.07, 6.45) is -1.49. The summed E-state index contributed by atoms with van der Waals surface area (Å²) in [7, 11) is 1.77. The number of hydrogen-bond acceptors (Lipinski definition) is 4. The number of nitriles is 1. The van der Waals surface area contributed by atoms with Gasteiger partial charge in [0.2, 0.25) is 5.91 Å². The summed E-state index contributed by atoms with van der Waals surface area (Å²) in [5, 5.41) is 8.90. The van der Waals surface area contributed by atoms with E-state index in [4.69, 9.17) is 5.26 Å². The van der Waals surface area contributed by atoms with Gasteiger partial charge in [0, 0.05) is 5.69 Å². The number of likely N-dealkylation sites (N-methyl/N-ethyl adjacent to an activating group) is 1. The molecule has 1 aliphatic heterocycles. The first kappa shape index (κ1) is 17.1. The molecule has 1 saturated heterocycles. The number of alkyl halides is 3. The molecule has 1 spiro atoms. The van der Waals surface area contributed by atoms with Gasteiger partial charge >= 0.3 is 6.18 Å². The van der Waals surface area contributed by atoms with Crippen LogP contribution in [0.15, 0.2) is 18.2 Å². The van der Waals surface area contributed by atoms with Gasteiger partial charge in [-0.3, -0.25) is 14.6 Å². The number of carbonyl (C=O) groups is 1. The molecule has 0 N–H and O–H groups in total. The Morgan fingerprint density at radius 3 is 2.50 bits per heavy atom. The van der Waals surface area contributed by atoms with E-state index in [1.807, 2.05) is 4.90 Å². The predicted octanol–water partition coefficient (Wildman–Crippen LogP) is 3.38. The SMILES string of the molecule is CN1C(S)N(c2ccc(C#N)c(C(F)(F)F)c2)C(=O)C12CCCC2. The zero-order valence-corrected chi connectivity index (χ0v) is 13.9. The largest absolute Gasteiger partial charge is 0.417 e. The van der Waals surface area contributed by atoms with Gasteiger partial charge in [-0.15, -0.1) is 12.6 Å². The van der Waals surface area contributed by atoms with Gasteiger partial charge in [-0.25, -0.2) is 0 Å². The summed E-state index contributed by atoms with van der Waals surface area (Å²) in [5.41, 5.74) is -2.70. The first-order valence-electron chi connectivity index (χ1n) is 7.58. The Hall–Kier alpha value is -1.72. The molecule has 128 valence electrons. The van der Waals surface area contributed by atoms with Crippen LogP contribution in [0.25, 0.3) is 0 Å². The summed E-state index contributed by atoms with van der Waals surface area (Å²) >= 11 is 4.44. The van der Waals surface area contributed by atoms with Crippen LogP contribution in [-0.2, 0) is 11.0 Å². The second-order valence-electron chi connectivity index (χ2n) is 6.21. The minimum absolute atomic E-state index is 0.113. The summed E-state index contributed by atoms with van der Waals surface area (Å²) in [5.74, 6) is -0.222. The average molecular weight is 355 g/mol. The third-order valence-corrected chi connectivity index (χ3v) is 5.58. The fourth-order valence-electron chi connectivity index (χ4n) is 3.67. The quantitative estimate of drug-likeness (QED) is 0.786. The number of hydrogen-bond donors (Lipinski definition) is 1. The van der Waals surface area contributed by atoms with E-state index in [9.17, 15) is 18.0 Å². The van der Waals surface area contributed by atoms with Crippen molar-refractivity contribution in [2.45, 2.75) is 42.9 Å². The Morgan fingerprint density at radius 1 is 1.33 bits per heavy atom. The van der Waals surface area contributed by atoms with E-state index >= 15 is 0 Å². The highest BCUT2D eigenvalue weighted by molar-refractivity contribution is 7.81. The van der Waals surface area contributed by atoms with Crippen LogP contribution in [0.3, 0.4) is 0 Å². The van der Waals surface area contributed by atoms with Crippen molar-refractivity contribution in [1.29, 1.82) is 5.26 Å². The van der Waals surface area contributed by atoms with Gasteiger partial charge in [-0.1, -0.05) is 12.8 Å². The Kier molecular flexibility index (Phi) is 4.04.